The average Bonchev–Trinajstić information content (AvgIpc) is 3.19. The summed E-state index contributed by atoms with van der Waals surface area (Å²) >= 11 is 3.29. The van der Waals surface area contributed by atoms with Gasteiger partial charge in [-0.15, -0.1) is 0 Å². The summed E-state index contributed by atoms with van der Waals surface area (Å²) in [6.07, 6.45) is 5.36. The number of hydrogen-bond acceptors (Lipinski definition) is 5. The van der Waals surface area contributed by atoms with Crippen molar-refractivity contribution in [1.82, 2.24) is 9.78 Å². The molecule has 9 heteroatoms. The third kappa shape index (κ3) is 3.90. The largest absolute Gasteiger partial charge is 0.496 e. The molecule has 7 nitrogen and oxygen atoms in total. The van der Waals surface area contributed by atoms with Crippen LogP contribution in [0.4, 0.5) is 5.69 Å². The van der Waals surface area contributed by atoms with Crippen molar-refractivity contribution in [2.45, 2.75) is 30.4 Å². The molecule has 1 aromatic heterocycles. The van der Waals surface area contributed by atoms with Crippen molar-refractivity contribution in [1.29, 1.82) is 0 Å². The Bertz CT molecular complexity index is 816. The van der Waals surface area contributed by atoms with E-state index >= 15 is 0 Å². The Kier molecular flexibility index (Phi) is 5.12. The zero-order chi connectivity index (χ0) is 17.2. The Morgan fingerprint density at radius 2 is 2.33 bits per heavy atom. The molecule has 0 bridgehead atoms. The molecule has 1 aromatic carbocycles. The average molecular weight is 416 g/mol. The number of nitrogens with one attached hydrogen (secondary N) is 1. The molecule has 0 aliphatic carbocycles. The number of rotatable bonds is 6. The van der Waals surface area contributed by atoms with Gasteiger partial charge in [-0.25, -0.2) is 8.42 Å². The number of benzene rings is 1. The number of sulfonamides is 1. The fraction of sp³-hybridized carbons (Fsp3) is 0.400. The number of aromatic nitrogens is 2. The van der Waals surface area contributed by atoms with Gasteiger partial charge in [-0.1, -0.05) is 0 Å². The highest BCUT2D eigenvalue weighted by atomic mass is 79.9. The van der Waals surface area contributed by atoms with E-state index in [1.165, 1.54) is 25.4 Å². The highest BCUT2D eigenvalue weighted by molar-refractivity contribution is 9.10. The van der Waals surface area contributed by atoms with Gasteiger partial charge in [0.2, 0.25) is 0 Å². The fourth-order valence-corrected chi connectivity index (χ4v) is 4.29. The molecule has 1 atom stereocenters. The number of anilines is 1. The zero-order valence-electron chi connectivity index (χ0n) is 13.1. The van der Waals surface area contributed by atoms with E-state index in [0.717, 1.165) is 19.4 Å². The highest BCUT2D eigenvalue weighted by Gasteiger charge is 2.19. The van der Waals surface area contributed by atoms with Crippen molar-refractivity contribution < 1.29 is 17.9 Å². The Balaban J connectivity index is 1.72. The molecule has 1 saturated heterocycles. The van der Waals surface area contributed by atoms with Gasteiger partial charge in [0.15, 0.2) is 0 Å². The fourth-order valence-electron chi connectivity index (χ4n) is 2.54. The maximum Gasteiger partial charge on any atom is 0.262 e. The van der Waals surface area contributed by atoms with E-state index in [9.17, 15) is 8.42 Å². The molecule has 0 spiro atoms. The van der Waals surface area contributed by atoms with Crippen molar-refractivity contribution in [2.75, 3.05) is 18.4 Å². The second kappa shape index (κ2) is 7.12. The van der Waals surface area contributed by atoms with Gasteiger partial charge in [-0.3, -0.25) is 9.40 Å². The molecule has 2 heterocycles. The molecular formula is C15H18BrN3O4S. The summed E-state index contributed by atoms with van der Waals surface area (Å²) in [5.74, 6) is 0.568. The number of ether oxygens (including phenoxy) is 2. The zero-order valence-corrected chi connectivity index (χ0v) is 15.5. The van der Waals surface area contributed by atoms with Gasteiger partial charge in [0, 0.05) is 12.8 Å². The smallest absolute Gasteiger partial charge is 0.262 e. The van der Waals surface area contributed by atoms with Crippen LogP contribution in [0.5, 0.6) is 5.75 Å². The monoisotopic (exact) mass is 415 g/mol. The molecule has 3 rings (SSSR count). The van der Waals surface area contributed by atoms with Crippen LogP contribution in [0.25, 0.3) is 0 Å². The van der Waals surface area contributed by atoms with Gasteiger partial charge in [-0.05, 0) is 47.0 Å². The van der Waals surface area contributed by atoms with E-state index in [4.69, 9.17) is 9.47 Å². The summed E-state index contributed by atoms with van der Waals surface area (Å²) in [7, 11) is -2.17. The van der Waals surface area contributed by atoms with Crippen molar-refractivity contribution in [3.8, 4) is 5.75 Å². The van der Waals surface area contributed by atoms with Crippen LogP contribution in [0.1, 0.15) is 12.8 Å². The lowest BCUT2D eigenvalue weighted by molar-refractivity contribution is 0.0940. The van der Waals surface area contributed by atoms with Crippen LogP contribution < -0.4 is 9.46 Å². The highest BCUT2D eigenvalue weighted by Crippen LogP contribution is 2.28. The number of hydrogen-bond donors (Lipinski definition) is 1. The summed E-state index contributed by atoms with van der Waals surface area (Å²) in [4.78, 5) is 0.141. The van der Waals surface area contributed by atoms with Crippen LogP contribution in [-0.4, -0.2) is 38.0 Å². The van der Waals surface area contributed by atoms with E-state index in [1.54, 1.807) is 16.9 Å². The quantitative estimate of drug-likeness (QED) is 0.783. The second-order valence-corrected chi connectivity index (χ2v) is 8.02. The first-order valence-corrected chi connectivity index (χ1v) is 9.76. The third-order valence-electron chi connectivity index (χ3n) is 3.73. The first-order chi connectivity index (χ1) is 11.5. The normalized spacial score (nSPS) is 17.8. The number of nitrogens with zero attached hydrogens (tertiary/aromatic N) is 2. The van der Waals surface area contributed by atoms with Gasteiger partial charge in [0.05, 0.1) is 41.0 Å². The molecule has 130 valence electrons. The summed E-state index contributed by atoms with van der Waals surface area (Å²) in [5, 5.41) is 4.18. The molecule has 24 heavy (non-hydrogen) atoms. The van der Waals surface area contributed by atoms with Crippen molar-refractivity contribution in [3.05, 3.63) is 35.1 Å². The molecule has 0 saturated carbocycles. The maximum absolute atomic E-state index is 12.5. The van der Waals surface area contributed by atoms with Gasteiger partial charge < -0.3 is 9.47 Å². The van der Waals surface area contributed by atoms with Crippen LogP contribution in [0.2, 0.25) is 0 Å². The lowest BCUT2D eigenvalue weighted by atomic mass is 10.2. The Hall–Kier alpha value is -1.58. The minimum atomic E-state index is -3.69. The van der Waals surface area contributed by atoms with Gasteiger partial charge in [0.1, 0.15) is 5.75 Å². The molecule has 1 aliphatic rings. The summed E-state index contributed by atoms with van der Waals surface area (Å²) in [6.45, 7) is 1.40. The molecule has 0 radical (unpaired) electrons. The Morgan fingerprint density at radius 1 is 1.50 bits per heavy atom. The Morgan fingerprint density at radius 3 is 3.00 bits per heavy atom. The van der Waals surface area contributed by atoms with Crippen LogP contribution in [0.15, 0.2) is 40.0 Å². The molecular weight excluding hydrogens is 398 g/mol. The first-order valence-electron chi connectivity index (χ1n) is 7.48. The van der Waals surface area contributed by atoms with Gasteiger partial charge in [-0.2, -0.15) is 5.10 Å². The molecule has 2 aromatic rings. The van der Waals surface area contributed by atoms with Crippen molar-refractivity contribution in [2.24, 2.45) is 0 Å². The molecule has 1 fully saturated rings. The summed E-state index contributed by atoms with van der Waals surface area (Å²) in [5.41, 5.74) is 0.417. The minimum absolute atomic E-state index is 0.141. The van der Waals surface area contributed by atoms with Crippen molar-refractivity contribution in [3.63, 3.8) is 0 Å². The maximum atomic E-state index is 12.5. The van der Waals surface area contributed by atoms with E-state index < -0.39 is 10.0 Å². The third-order valence-corrected chi connectivity index (χ3v) is 5.73. The topological polar surface area (TPSA) is 82.5 Å². The Labute approximate surface area is 149 Å². The second-order valence-electron chi connectivity index (χ2n) is 5.49. The van der Waals surface area contributed by atoms with E-state index in [1.807, 2.05) is 0 Å². The van der Waals surface area contributed by atoms with Crippen LogP contribution >= 0.6 is 15.9 Å². The van der Waals surface area contributed by atoms with Crippen LogP contribution in [-0.2, 0) is 21.3 Å². The molecule has 1 N–H and O–H groups in total. The standard InChI is InChI=1S/C15H18BrN3O4S/c1-22-15-5-4-13(7-14(15)16)24(20,21)18-11-8-17-19(9-11)10-12-3-2-6-23-12/h4-5,7-9,12,18H,2-3,6,10H2,1H3. The lowest BCUT2D eigenvalue weighted by Crippen LogP contribution is -2.15. The van der Waals surface area contributed by atoms with Gasteiger partial charge in [0.25, 0.3) is 10.0 Å². The summed E-state index contributed by atoms with van der Waals surface area (Å²) < 4.78 is 40.4. The minimum Gasteiger partial charge on any atom is -0.496 e. The predicted octanol–water partition coefficient (Wildman–Crippen LogP) is 2.63. The molecule has 1 aliphatic heterocycles. The van der Waals surface area contributed by atoms with Gasteiger partial charge >= 0.3 is 0 Å². The predicted molar refractivity (Wildman–Crippen MR) is 92.7 cm³/mol. The summed E-state index contributed by atoms with van der Waals surface area (Å²) in [6, 6.07) is 4.58. The van der Waals surface area contributed by atoms with Crippen LogP contribution in [0.3, 0.4) is 0 Å². The van der Waals surface area contributed by atoms with Crippen LogP contribution in [0, 0.1) is 0 Å². The van der Waals surface area contributed by atoms with E-state index in [2.05, 4.69) is 25.8 Å². The first kappa shape index (κ1) is 17.2. The lowest BCUT2D eigenvalue weighted by Gasteiger charge is -2.09. The van der Waals surface area contributed by atoms with E-state index in [0.29, 0.717) is 22.5 Å². The number of methoxy groups -OCH3 is 1. The number of halogens is 1. The molecule has 1 unspecified atom stereocenters. The van der Waals surface area contributed by atoms with E-state index in [-0.39, 0.29) is 11.0 Å². The SMILES string of the molecule is COc1ccc(S(=O)(=O)Nc2cnn(CC3CCCO3)c2)cc1Br. The van der Waals surface area contributed by atoms with Crippen molar-refractivity contribution >= 4 is 31.6 Å². The molecule has 0 amide bonds.